The highest BCUT2D eigenvalue weighted by molar-refractivity contribution is 7.89. The maximum Gasteiger partial charge on any atom is 0.324 e. The monoisotopic (exact) mass is 446 g/mol. The third-order valence-corrected chi connectivity index (χ3v) is 6.12. The Morgan fingerprint density at radius 3 is 2.52 bits per heavy atom. The van der Waals surface area contributed by atoms with Gasteiger partial charge in [-0.2, -0.15) is 4.72 Å². The van der Waals surface area contributed by atoms with Crippen LogP contribution in [0.5, 0.6) is 5.75 Å². The Bertz CT molecular complexity index is 1080. The lowest BCUT2D eigenvalue weighted by atomic mass is 10.2. The largest absolute Gasteiger partial charge is 0.497 e. The van der Waals surface area contributed by atoms with Crippen molar-refractivity contribution < 1.29 is 27.5 Å². The van der Waals surface area contributed by atoms with Crippen LogP contribution in [0.1, 0.15) is 12.5 Å². The highest BCUT2D eigenvalue weighted by atomic mass is 32.2. The van der Waals surface area contributed by atoms with Gasteiger partial charge in [0, 0.05) is 5.69 Å². The van der Waals surface area contributed by atoms with Crippen LogP contribution in [0, 0.1) is 0 Å². The van der Waals surface area contributed by atoms with E-state index in [1.54, 1.807) is 24.3 Å². The van der Waals surface area contributed by atoms with E-state index in [9.17, 15) is 22.8 Å². The molecule has 164 valence electrons. The van der Waals surface area contributed by atoms with Crippen molar-refractivity contribution in [3.8, 4) is 5.75 Å². The molecule has 0 radical (unpaired) electrons. The third kappa shape index (κ3) is 5.38. The van der Waals surface area contributed by atoms with Crippen molar-refractivity contribution in [2.45, 2.75) is 24.4 Å². The average Bonchev–Trinajstić information content (AvgIpc) is 3.05. The van der Waals surface area contributed by atoms with Crippen LogP contribution in [0.2, 0.25) is 0 Å². The van der Waals surface area contributed by atoms with Crippen LogP contribution in [0.15, 0.2) is 53.4 Å². The van der Waals surface area contributed by atoms with Gasteiger partial charge in [0.15, 0.2) is 0 Å². The van der Waals surface area contributed by atoms with Crippen molar-refractivity contribution in [2.75, 3.05) is 19.0 Å². The second kappa shape index (κ2) is 9.14. The minimum Gasteiger partial charge on any atom is -0.497 e. The summed E-state index contributed by atoms with van der Waals surface area (Å²) in [6.07, 6.45) is 0. The average molecular weight is 446 g/mol. The van der Waals surface area contributed by atoms with E-state index in [-0.39, 0.29) is 23.9 Å². The molecule has 3 rings (SSSR count). The summed E-state index contributed by atoms with van der Waals surface area (Å²) in [6.45, 7) is 1.45. The summed E-state index contributed by atoms with van der Waals surface area (Å²) in [5, 5.41) is 5.07. The van der Waals surface area contributed by atoms with Crippen molar-refractivity contribution >= 4 is 33.6 Å². The van der Waals surface area contributed by atoms with E-state index in [0.717, 1.165) is 4.90 Å². The van der Waals surface area contributed by atoms with E-state index in [4.69, 9.17) is 4.74 Å². The summed E-state index contributed by atoms with van der Waals surface area (Å²) in [7, 11) is -2.44. The van der Waals surface area contributed by atoms with Crippen LogP contribution < -0.4 is 20.1 Å². The molecule has 3 N–H and O–H groups in total. The SMILES string of the molecule is COc1ccc(S(=O)(=O)N[C@@H](C)C(=O)Nc2cccc(CN3C(=O)CNC3=O)c2)cc1. The number of ether oxygens (including phenoxy) is 1. The fraction of sp³-hybridized carbons (Fsp3) is 0.250. The maximum atomic E-state index is 12.5. The Kier molecular flexibility index (Phi) is 6.56. The zero-order chi connectivity index (χ0) is 22.6. The van der Waals surface area contributed by atoms with E-state index >= 15 is 0 Å². The summed E-state index contributed by atoms with van der Waals surface area (Å²) < 4.78 is 32.3. The van der Waals surface area contributed by atoms with Gasteiger partial charge in [0.05, 0.1) is 31.1 Å². The highest BCUT2D eigenvalue weighted by Gasteiger charge is 2.28. The fourth-order valence-electron chi connectivity index (χ4n) is 2.91. The van der Waals surface area contributed by atoms with Crippen molar-refractivity contribution in [3.63, 3.8) is 0 Å². The zero-order valence-electron chi connectivity index (χ0n) is 16.9. The van der Waals surface area contributed by atoms with E-state index < -0.39 is 28.0 Å². The number of amides is 4. The zero-order valence-corrected chi connectivity index (χ0v) is 17.7. The first-order valence-electron chi connectivity index (χ1n) is 9.34. The number of methoxy groups -OCH3 is 1. The Hall–Kier alpha value is -3.44. The molecule has 0 saturated carbocycles. The number of nitrogens with zero attached hydrogens (tertiary/aromatic N) is 1. The summed E-state index contributed by atoms with van der Waals surface area (Å²) >= 11 is 0. The van der Waals surface area contributed by atoms with Crippen molar-refractivity contribution in [2.24, 2.45) is 0 Å². The number of rotatable bonds is 8. The summed E-state index contributed by atoms with van der Waals surface area (Å²) in [4.78, 5) is 37.0. The Balaban J connectivity index is 1.64. The van der Waals surface area contributed by atoms with E-state index in [1.165, 1.54) is 38.3 Å². The number of urea groups is 1. The van der Waals surface area contributed by atoms with Crippen molar-refractivity contribution in [1.82, 2.24) is 14.9 Å². The van der Waals surface area contributed by atoms with E-state index in [1.807, 2.05) is 0 Å². The van der Waals surface area contributed by atoms with Crippen LogP contribution in [0.25, 0.3) is 0 Å². The number of nitrogens with one attached hydrogen (secondary N) is 3. The molecular formula is C20H22N4O6S. The van der Waals surface area contributed by atoms with E-state index in [0.29, 0.717) is 17.0 Å². The molecule has 0 aliphatic carbocycles. The first-order chi connectivity index (χ1) is 14.7. The van der Waals surface area contributed by atoms with Gasteiger partial charge in [0.2, 0.25) is 21.8 Å². The quantitative estimate of drug-likeness (QED) is 0.519. The van der Waals surface area contributed by atoms with Gasteiger partial charge in [-0.05, 0) is 48.9 Å². The second-order valence-electron chi connectivity index (χ2n) is 6.85. The molecule has 1 fully saturated rings. The maximum absolute atomic E-state index is 12.5. The molecule has 11 heteroatoms. The molecule has 31 heavy (non-hydrogen) atoms. The van der Waals surface area contributed by atoms with Gasteiger partial charge in [-0.25, -0.2) is 13.2 Å². The molecule has 1 aliphatic heterocycles. The van der Waals surface area contributed by atoms with Crippen molar-refractivity contribution in [1.29, 1.82) is 0 Å². The number of sulfonamides is 1. The molecule has 0 aromatic heterocycles. The van der Waals surface area contributed by atoms with Gasteiger partial charge in [0.1, 0.15) is 5.75 Å². The molecule has 2 aromatic rings. The molecule has 1 heterocycles. The molecule has 0 bridgehead atoms. The Morgan fingerprint density at radius 1 is 1.19 bits per heavy atom. The van der Waals surface area contributed by atoms with Crippen LogP contribution >= 0.6 is 0 Å². The minimum atomic E-state index is -3.91. The van der Waals surface area contributed by atoms with Crippen LogP contribution in [0.3, 0.4) is 0 Å². The molecule has 0 spiro atoms. The van der Waals surface area contributed by atoms with Gasteiger partial charge in [-0.15, -0.1) is 0 Å². The molecule has 1 atom stereocenters. The number of hydrogen-bond donors (Lipinski definition) is 3. The first kappa shape index (κ1) is 22.2. The van der Waals surface area contributed by atoms with Crippen LogP contribution in [-0.2, 0) is 26.2 Å². The number of carbonyl (C=O) groups is 3. The molecule has 2 aromatic carbocycles. The van der Waals surface area contributed by atoms with E-state index in [2.05, 4.69) is 15.4 Å². The normalized spacial score (nSPS) is 14.8. The van der Waals surface area contributed by atoms with Crippen LogP contribution in [0.4, 0.5) is 10.5 Å². The van der Waals surface area contributed by atoms with Gasteiger partial charge in [-0.1, -0.05) is 12.1 Å². The smallest absolute Gasteiger partial charge is 0.324 e. The van der Waals surface area contributed by atoms with Crippen LogP contribution in [-0.4, -0.2) is 50.9 Å². The number of hydrogen-bond acceptors (Lipinski definition) is 6. The predicted molar refractivity (Wildman–Crippen MR) is 112 cm³/mol. The van der Waals surface area contributed by atoms with Gasteiger partial charge in [0.25, 0.3) is 0 Å². The van der Waals surface area contributed by atoms with Crippen molar-refractivity contribution in [3.05, 3.63) is 54.1 Å². The Labute approximate surface area is 179 Å². The molecule has 4 amide bonds. The lowest BCUT2D eigenvalue weighted by molar-refractivity contribution is -0.125. The molecule has 10 nitrogen and oxygen atoms in total. The number of carbonyl (C=O) groups excluding carboxylic acids is 3. The molecule has 1 saturated heterocycles. The Morgan fingerprint density at radius 2 is 1.90 bits per heavy atom. The lowest BCUT2D eigenvalue weighted by Gasteiger charge is -2.16. The molecular weight excluding hydrogens is 424 g/mol. The highest BCUT2D eigenvalue weighted by Crippen LogP contribution is 2.17. The second-order valence-corrected chi connectivity index (χ2v) is 8.56. The first-order valence-corrected chi connectivity index (χ1v) is 10.8. The summed E-state index contributed by atoms with van der Waals surface area (Å²) in [6, 6.07) is 10.9. The molecule has 0 unspecified atom stereocenters. The number of benzene rings is 2. The topological polar surface area (TPSA) is 134 Å². The third-order valence-electron chi connectivity index (χ3n) is 4.57. The van der Waals surface area contributed by atoms with Gasteiger partial charge in [-0.3, -0.25) is 14.5 Å². The van der Waals surface area contributed by atoms with Gasteiger partial charge < -0.3 is 15.4 Å². The predicted octanol–water partition coefficient (Wildman–Crippen LogP) is 1.05. The standard InChI is InChI=1S/C20H22N4O6S/c1-13(23-31(28,29)17-8-6-16(30-2)7-9-17)19(26)22-15-5-3-4-14(10-15)12-24-18(25)11-21-20(24)27/h3-10,13,23H,11-12H2,1-2H3,(H,21,27)(H,22,26)/t13-/m0/s1. The fourth-order valence-corrected chi connectivity index (χ4v) is 4.11. The number of anilines is 1. The lowest BCUT2D eigenvalue weighted by Crippen LogP contribution is -2.41. The molecule has 1 aliphatic rings. The minimum absolute atomic E-state index is 0.00324. The van der Waals surface area contributed by atoms with Gasteiger partial charge >= 0.3 is 6.03 Å². The number of imide groups is 1. The summed E-state index contributed by atoms with van der Waals surface area (Å²) in [5.41, 5.74) is 1.04. The summed E-state index contributed by atoms with van der Waals surface area (Å²) in [5.74, 6) is -0.386.